The topological polar surface area (TPSA) is 58.9 Å². The first-order valence-corrected chi connectivity index (χ1v) is 5.71. The fourth-order valence-electron chi connectivity index (χ4n) is 1.60. The lowest BCUT2D eigenvalue weighted by molar-refractivity contribution is -0.144. The van der Waals surface area contributed by atoms with Crippen LogP contribution >= 0.6 is 11.3 Å². The molecule has 3 heterocycles. The van der Waals surface area contributed by atoms with Gasteiger partial charge in [-0.2, -0.15) is 23.3 Å². The molecule has 0 aliphatic carbocycles. The predicted molar refractivity (Wildman–Crippen MR) is 58.2 cm³/mol. The van der Waals surface area contributed by atoms with Crippen molar-refractivity contribution < 1.29 is 13.2 Å². The van der Waals surface area contributed by atoms with E-state index in [2.05, 4.69) is 20.3 Å². The Balaban J connectivity index is 2.17. The molecule has 3 aromatic rings. The van der Waals surface area contributed by atoms with E-state index in [0.29, 0.717) is 5.69 Å². The Morgan fingerprint density at radius 3 is 2.72 bits per heavy atom. The van der Waals surface area contributed by atoms with Gasteiger partial charge < -0.3 is 0 Å². The fourth-order valence-corrected chi connectivity index (χ4v) is 2.63. The van der Waals surface area contributed by atoms with Crippen LogP contribution in [0.3, 0.4) is 0 Å². The number of hydrogen-bond donors (Lipinski definition) is 1. The van der Waals surface area contributed by atoms with Gasteiger partial charge in [0.25, 0.3) is 5.82 Å². The van der Waals surface area contributed by atoms with Crippen LogP contribution in [0.4, 0.5) is 13.2 Å². The van der Waals surface area contributed by atoms with E-state index in [0.717, 1.165) is 21.9 Å². The number of aromatic amines is 1. The van der Waals surface area contributed by atoms with Crippen molar-refractivity contribution in [1.29, 1.82) is 0 Å². The van der Waals surface area contributed by atoms with Gasteiger partial charge >= 0.3 is 6.18 Å². The van der Waals surface area contributed by atoms with E-state index in [9.17, 15) is 13.2 Å². The molecule has 0 saturated carbocycles. The number of nitrogens with one attached hydrogen (secondary N) is 1. The molecule has 0 aliphatic heterocycles. The van der Waals surface area contributed by atoms with Crippen molar-refractivity contribution in [2.75, 3.05) is 0 Å². The molecule has 0 saturated heterocycles. The Morgan fingerprint density at radius 1 is 1.39 bits per heavy atom. The van der Waals surface area contributed by atoms with Gasteiger partial charge in [0.2, 0.25) is 4.96 Å². The molecule has 0 bridgehead atoms. The number of H-pyrrole nitrogens is 1. The summed E-state index contributed by atoms with van der Waals surface area (Å²) in [7, 11) is 0. The molecule has 0 aliphatic rings. The van der Waals surface area contributed by atoms with Gasteiger partial charge in [0.15, 0.2) is 0 Å². The van der Waals surface area contributed by atoms with Crippen molar-refractivity contribution in [2.24, 2.45) is 0 Å². The van der Waals surface area contributed by atoms with Crippen molar-refractivity contribution in [1.82, 2.24) is 24.8 Å². The molecule has 0 spiro atoms. The standard InChI is InChI=1S/C9H6F3N5S/c1-4-6(5-2-3-13-15-5)18-8-14-7(9(10,11)12)16-17(4)8/h2-3H,1H3,(H,13,15). The second-order valence-corrected chi connectivity index (χ2v) is 4.59. The van der Waals surface area contributed by atoms with Crippen LogP contribution in [-0.2, 0) is 6.18 Å². The highest BCUT2D eigenvalue weighted by atomic mass is 32.1. The second kappa shape index (κ2) is 3.55. The SMILES string of the molecule is Cc1c(-c2ccn[nH]2)sc2nc(C(F)(F)F)nn12. The third-order valence-electron chi connectivity index (χ3n) is 2.42. The molecule has 0 amide bonds. The lowest BCUT2D eigenvalue weighted by Crippen LogP contribution is -2.08. The van der Waals surface area contributed by atoms with E-state index in [1.807, 2.05) is 0 Å². The zero-order valence-corrected chi connectivity index (χ0v) is 9.80. The Bertz CT molecular complexity index is 694. The maximum absolute atomic E-state index is 12.5. The quantitative estimate of drug-likeness (QED) is 0.741. The lowest BCUT2D eigenvalue weighted by Gasteiger charge is -1.98. The molecule has 3 aromatic heterocycles. The summed E-state index contributed by atoms with van der Waals surface area (Å²) in [6.45, 7) is 1.69. The van der Waals surface area contributed by atoms with Crippen LogP contribution in [0.5, 0.6) is 0 Å². The average Bonchev–Trinajstić information content (AvgIpc) is 2.94. The van der Waals surface area contributed by atoms with Crippen molar-refractivity contribution in [3.63, 3.8) is 0 Å². The molecule has 0 radical (unpaired) electrons. The summed E-state index contributed by atoms with van der Waals surface area (Å²) in [5.41, 5.74) is 1.33. The van der Waals surface area contributed by atoms with Crippen molar-refractivity contribution in [3.05, 3.63) is 23.8 Å². The Hall–Kier alpha value is -1.90. The number of rotatable bonds is 1. The highest BCUT2D eigenvalue weighted by Gasteiger charge is 2.37. The van der Waals surface area contributed by atoms with Crippen LogP contribution in [0.1, 0.15) is 11.5 Å². The summed E-state index contributed by atoms with van der Waals surface area (Å²) >= 11 is 1.14. The summed E-state index contributed by atoms with van der Waals surface area (Å²) in [6, 6.07) is 1.74. The van der Waals surface area contributed by atoms with E-state index in [1.165, 1.54) is 4.52 Å². The number of aryl methyl sites for hydroxylation is 1. The minimum atomic E-state index is -4.52. The number of halogens is 3. The van der Waals surface area contributed by atoms with Crippen LogP contribution < -0.4 is 0 Å². The number of alkyl halides is 3. The van der Waals surface area contributed by atoms with Crippen LogP contribution in [0.2, 0.25) is 0 Å². The van der Waals surface area contributed by atoms with Gasteiger partial charge in [0, 0.05) is 6.20 Å². The highest BCUT2D eigenvalue weighted by molar-refractivity contribution is 7.20. The number of fused-ring (bicyclic) bond motifs is 1. The van der Waals surface area contributed by atoms with Crippen LogP contribution in [0.15, 0.2) is 12.3 Å². The Morgan fingerprint density at radius 2 is 2.17 bits per heavy atom. The first-order valence-electron chi connectivity index (χ1n) is 4.90. The van der Waals surface area contributed by atoms with E-state index in [-0.39, 0.29) is 4.96 Å². The summed E-state index contributed by atoms with van der Waals surface area (Å²) in [6.07, 6.45) is -2.95. The fraction of sp³-hybridized carbons (Fsp3) is 0.222. The number of aromatic nitrogens is 5. The first-order chi connectivity index (χ1) is 8.47. The van der Waals surface area contributed by atoms with Gasteiger partial charge in [-0.15, -0.1) is 5.10 Å². The molecule has 5 nitrogen and oxygen atoms in total. The smallest absolute Gasteiger partial charge is 0.277 e. The molecule has 94 valence electrons. The van der Waals surface area contributed by atoms with Gasteiger partial charge in [0.05, 0.1) is 16.3 Å². The molecule has 0 unspecified atom stereocenters. The molecule has 0 atom stereocenters. The molecule has 3 rings (SSSR count). The largest absolute Gasteiger partial charge is 0.453 e. The molecular weight excluding hydrogens is 267 g/mol. The van der Waals surface area contributed by atoms with Crippen LogP contribution in [0, 0.1) is 6.92 Å². The van der Waals surface area contributed by atoms with E-state index in [4.69, 9.17) is 0 Å². The van der Waals surface area contributed by atoms with Crippen molar-refractivity contribution in [2.45, 2.75) is 13.1 Å². The maximum atomic E-state index is 12.5. The average molecular weight is 273 g/mol. The predicted octanol–water partition coefficient (Wildman–Crippen LogP) is 2.51. The summed E-state index contributed by atoms with van der Waals surface area (Å²) < 4.78 is 38.6. The monoisotopic (exact) mass is 273 g/mol. The summed E-state index contributed by atoms with van der Waals surface area (Å²) in [4.78, 5) is 4.47. The van der Waals surface area contributed by atoms with Crippen LogP contribution in [-0.4, -0.2) is 24.8 Å². The molecule has 9 heteroatoms. The van der Waals surface area contributed by atoms with Gasteiger partial charge in [-0.1, -0.05) is 11.3 Å². The second-order valence-electron chi connectivity index (χ2n) is 3.61. The Labute approximate surface area is 102 Å². The minimum Gasteiger partial charge on any atom is -0.277 e. The van der Waals surface area contributed by atoms with Gasteiger partial charge in [0.1, 0.15) is 0 Å². The third kappa shape index (κ3) is 1.58. The normalized spacial score (nSPS) is 12.4. The lowest BCUT2D eigenvalue weighted by atomic mass is 10.3. The van der Waals surface area contributed by atoms with Gasteiger partial charge in [-0.25, -0.2) is 4.52 Å². The summed E-state index contributed by atoms with van der Waals surface area (Å²) in [5.74, 6) is -1.12. The number of nitrogens with zero attached hydrogens (tertiary/aromatic N) is 4. The van der Waals surface area contributed by atoms with E-state index < -0.39 is 12.0 Å². The minimum absolute atomic E-state index is 0.212. The molecular formula is C9H6F3N5S. The highest BCUT2D eigenvalue weighted by Crippen LogP contribution is 2.33. The van der Waals surface area contributed by atoms with Crippen molar-refractivity contribution in [3.8, 4) is 10.6 Å². The number of thiazole rings is 1. The molecule has 0 aromatic carbocycles. The maximum Gasteiger partial charge on any atom is 0.453 e. The molecule has 0 fully saturated rings. The van der Waals surface area contributed by atoms with E-state index >= 15 is 0 Å². The van der Waals surface area contributed by atoms with Gasteiger partial charge in [-0.3, -0.25) is 5.10 Å². The third-order valence-corrected chi connectivity index (χ3v) is 3.58. The van der Waals surface area contributed by atoms with Gasteiger partial charge in [-0.05, 0) is 13.0 Å². The summed E-state index contributed by atoms with van der Waals surface area (Å²) in [5, 5.41) is 10.0. The molecule has 1 N–H and O–H groups in total. The van der Waals surface area contributed by atoms with Crippen molar-refractivity contribution >= 4 is 16.3 Å². The zero-order chi connectivity index (χ0) is 12.9. The molecule has 18 heavy (non-hydrogen) atoms. The number of hydrogen-bond acceptors (Lipinski definition) is 4. The van der Waals surface area contributed by atoms with E-state index in [1.54, 1.807) is 19.2 Å². The zero-order valence-electron chi connectivity index (χ0n) is 8.99. The Kier molecular flexibility index (Phi) is 2.21. The van der Waals surface area contributed by atoms with Crippen LogP contribution in [0.25, 0.3) is 15.5 Å². The first kappa shape index (κ1) is 11.2.